The third kappa shape index (κ3) is 4.09. The minimum atomic E-state index is -0.159. The van der Waals surface area contributed by atoms with Crippen molar-refractivity contribution >= 4 is 17.6 Å². The van der Waals surface area contributed by atoms with Crippen LogP contribution in [0, 0.1) is 5.92 Å². The van der Waals surface area contributed by atoms with Gasteiger partial charge >= 0.3 is 6.03 Å². The number of carbonyl (C=O) groups is 1. The van der Waals surface area contributed by atoms with E-state index in [9.17, 15) is 4.79 Å². The Morgan fingerprint density at radius 2 is 2.17 bits per heavy atom. The average Bonchev–Trinajstić information content (AvgIpc) is 3.22. The lowest BCUT2D eigenvalue weighted by Crippen LogP contribution is -2.40. The molecular weight excluding hydrogens is 324 g/mol. The van der Waals surface area contributed by atoms with Gasteiger partial charge in [-0.15, -0.1) is 0 Å². The Hall–Kier alpha value is -2.01. The van der Waals surface area contributed by atoms with Crippen molar-refractivity contribution in [3.63, 3.8) is 0 Å². The third-order valence-electron chi connectivity index (χ3n) is 4.72. The van der Waals surface area contributed by atoms with Crippen molar-refractivity contribution in [3.8, 4) is 0 Å². The largest absolute Gasteiger partial charge is 0.333 e. The predicted octanol–water partition coefficient (Wildman–Crippen LogP) is 3.80. The zero-order chi connectivity index (χ0) is 16.9. The number of aromatic nitrogens is 2. The molecule has 1 fully saturated rings. The topological polar surface area (TPSA) is 59.0 Å². The van der Waals surface area contributed by atoms with Crippen molar-refractivity contribution in [1.82, 2.24) is 20.4 Å². The molecule has 3 rings (SSSR count). The molecular formula is C18H23ClN4O. The number of rotatable bonds is 5. The Morgan fingerprint density at radius 3 is 2.83 bits per heavy atom. The lowest BCUT2D eigenvalue weighted by atomic mass is 9.92. The van der Waals surface area contributed by atoms with E-state index in [0.717, 1.165) is 24.1 Å². The molecule has 1 aromatic heterocycles. The highest BCUT2D eigenvalue weighted by molar-refractivity contribution is 6.30. The standard InChI is InChI=1S/C18H23ClN4O/c1-23-16(9-10-21-23)12-20-18(24)22-17(13-5-2-3-6-13)14-7-4-8-15(19)11-14/h4,7-11,13,17H,2-3,5-6,12H2,1H3,(H2,20,22,24)/t17-/m1/s1. The van der Waals surface area contributed by atoms with E-state index in [1.54, 1.807) is 10.9 Å². The Morgan fingerprint density at radius 1 is 1.38 bits per heavy atom. The van der Waals surface area contributed by atoms with E-state index in [0.29, 0.717) is 17.5 Å². The van der Waals surface area contributed by atoms with E-state index in [-0.39, 0.29) is 12.1 Å². The normalized spacial score (nSPS) is 16.1. The number of nitrogens with one attached hydrogen (secondary N) is 2. The highest BCUT2D eigenvalue weighted by Gasteiger charge is 2.27. The zero-order valence-corrected chi connectivity index (χ0v) is 14.6. The summed E-state index contributed by atoms with van der Waals surface area (Å²) in [6.07, 6.45) is 6.45. The van der Waals surface area contributed by atoms with Crippen molar-refractivity contribution in [1.29, 1.82) is 0 Å². The van der Waals surface area contributed by atoms with Gasteiger partial charge in [0.15, 0.2) is 0 Å². The van der Waals surface area contributed by atoms with Crippen LogP contribution in [0.25, 0.3) is 0 Å². The van der Waals surface area contributed by atoms with Crippen molar-refractivity contribution in [3.05, 3.63) is 52.8 Å². The van der Waals surface area contributed by atoms with Gasteiger partial charge in [0.05, 0.1) is 18.3 Å². The molecule has 1 aromatic carbocycles. The van der Waals surface area contributed by atoms with Crippen LogP contribution in [-0.4, -0.2) is 15.8 Å². The maximum Gasteiger partial charge on any atom is 0.315 e. The molecule has 24 heavy (non-hydrogen) atoms. The molecule has 0 bridgehead atoms. The smallest absolute Gasteiger partial charge is 0.315 e. The molecule has 1 atom stereocenters. The quantitative estimate of drug-likeness (QED) is 0.865. The molecule has 1 aliphatic rings. The molecule has 128 valence electrons. The summed E-state index contributed by atoms with van der Waals surface area (Å²) < 4.78 is 1.76. The summed E-state index contributed by atoms with van der Waals surface area (Å²) in [5.41, 5.74) is 2.04. The zero-order valence-electron chi connectivity index (χ0n) is 13.8. The first-order valence-electron chi connectivity index (χ1n) is 8.40. The van der Waals surface area contributed by atoms with E-state index < -0.39 is 0 Å². The molecule has 0 spiro atoms. The van der Waals surface area contributed by atoms with Crippen LogP contribution < -0.4 is 10.6 Å². The summed E-state index contributed by atoms with van der Waals surface area (Å²) in [6.45, 7) is 0.454. The second-order valence-electron chi connectivity index (χ2n) is 6.35. The lowest BCUT2D eigenvalue weighted by molar-refractivity contribution is 0.230. The van der Waals surface area contributed by atoms with Crippen LogP contribution in [0.3, 0.4) is 0 Å². The minimum absolute atomic E-state index is 0.00210. The lowest BCUT2D eigenvalue weighted by Gasteiger charge is -2.25. The molecule has 0 unspecified atom stereocenters. The van der Waals surface area contributed by atoms with Crippen LogP contribution >= 0.6 is 11.6 Å². The molecule has 5 nitrogen and oxygen atoms in total. The molecule has 1 heterocycles. The number of carbonyl (C=O) groups excluding carboxylic acids is 1. The molecule has 1 saturated carbocycles. The highest BCUT2D eigenvalue weighted by atomic mass is 35.5. The average molecular weight is 347 g/mol. The highest BCUT2D eigenvalue weighted by Crippen LogP contribution is 2.36. The number of hydrogen-bond donors (Lipinski definition) is 2. The number of benzene rings is 1. The first-order valence-corrected chi connectivity index (χ1v) is 8.78. The van der Waals surface area contributed by atoms with Gasteiger partial charge in [-0.2, -0.15) is 5.10 Å². The summed E-state index contributed by atoms with van der Waals surface area (Å²) in [6, 6.07) is 9.52. The van der Waals surface area contributed by atoms with Gasteiger partial charge in [0.2, 0.25) is 0 Å². The van der Waals surface area contributed by atoms with Gasteiger partial charge in [0, 0.05) is 18.3 Å². The first kappa shape index (κ1) is 16.8. The van der Waals surface area contributed by atoms with Gasteiger partial charge in [0.1, 0.15) is 0 Å². The Bertz CT molecular complexity index is 694. The molecule has 0 aliphatic heterocycles. The van der Waals surface area contributed by atoms with E-state index >= 15 is 0 Å². The molecule has 2 aromatic rings. The fraction of sp³-hybridized carbons (Fsp3) is 0.444. The first-order chi connectivity index (χ1) is 11.6. The predicted molar refractivity (Wildman–Crippen MR) is 94.7 cm³/mol. The minimum Gasteiger partial charge on any atom is -0.333 e. The van der Waals surface area contributed by atoms with E-state index in [2.05, 4.69) is 15.7 Å². The van der Waals surface area contributed by atoms with Crippen LogP contribution in [0.2, 0.25) is 5.02 Å². The van der Waals surface area contributed by atoms with Crippen molar-refractivity contribution < 1.29 is 4.79 Å². The van der Waals surface area contributed by atoms with E-state index in [1.807, 2.05) is 37.4 Å². The number of nitrogens with zero attached hydrogens (tertiary/aromatic N) is 2. The van der Waals surface area contributed by atoms with Crippen molar-refractivity contribution in [2.45, 2.75) is 38.3 Å². The molecule has 2 N–H and O–H groups in total. The molecule has 6 heteroatoms. The summed E-state index contributed by atoms with van der Waals surface area (Å²) >= 11 is 6.14. The second-order valence-corrected chi connectivity index (χ2v) is 6.79. The van der Waals surface area contributed by atoms with Gasteiger partial charge in [-0.1, -0.05) is 36.6 Å². The van der Waals surface area contributed by atoms with Crippen molar-refractivity contribution in [2.24, 2.45) is 13.0 Å². The third-order valence-corrected chi connectivity index (χ3v) is 4.95. The van der Waals surface area contributed by atoms with Crippen LogP contribution in [0.5, 0.6) is 0 Å². The molecule has 2 amide bonds. The van der Waals surface area contributed by atoms with Gasteiger partial charge < -0.3 is 10.6 Å². The number of hydrogen-bond acceptors (Lipinski definition) is 2. The van der Waals surface area contributed by atoms with Crippen LogP contribution in [0.1, 0.15) is 43.0 Å². The monoisotopic (exact) mass is 346 g/mol. The number of halogens is 1. The van der Waals surface area contributed by atoms with Crippen molar-refractivity contribution in [2.75, 3.05) is 0 Å². The van der Waals surface area contributed by atoms with Crippen LogP contribution in [0.15, 0.2) is 36.5 Å². The van der Waals surface area contributed by atoms with Crippen LogP contribution in [0.4, 0.5) is 4.79 Å². The Kier molecular flexibility index (Phi) is 5.41. The SMILES string of the molecule is Cn1nccc1CNC(=O)N[C@@H](c1cccc(Cl)c1)C1CCCC1. The van der Waals surface area contributed by atoms with Gasteiger partial charge in [-0.05, 0) is 42.5 Å². The van der Waals surface area contributed by atoms with Crippen LogP contribution in [-0.2, 0) is 13.6 Å². The molecule has 1 aliphatic carbocycles. The molecule has 0 saturated heterocycles. The number of aryl methyl sites for hydroxylation is 1. The van der Waals surface area contributed by atoms with E-state index in [4.69, 9.17) is 11.6 Å². The maximum atomic E-state index is 12.4. The molecule has 0 radical (unpaired) electrons. The van der Waals surface area contributed by atoms with Gasteiger partial charge in [-0.3, -0.25) is 4.68 Å². The number of amides is 2. The number of urea groups is 1. The van der Waals surface area contributed by atoms with Gasteiger partial charge in [0.25, 0.3) is 0 Å². The Balaban J connectivity index is 1.67. The van der Waals surface area contributed by atoms with E-state index in [1.165, 1.54) is 12.8 Å². The fourth-order valence-electron chi connectivity index (χ4n) is 3.40. The summed E-state index contributed by atoms with van der Waals surface area (Å²) in [5, 5.41) is 10.9. The summed E-state index contributed by atoms with van der Waals surface area (Å²) in [7, 11) is 1.86. The fourth-order valence-corrected chi connectivity index (χ4v) is 3.60. The Labute approximate surface area is 147 Å². The van der Waals surface area contributed by atoms with Gasteiger partial charge in [-0.25, -0.2) is 4.79 Å². The maximum absolute atomic E-state index is 12.4. The summed E-state index contributed by atoms with van der Waals surface area (Å²) in [4.78, 5) is 12.4. The summed E-state index contributed by atoms with van der Waals surface area (Å²) in [5.74, 6) is 0.464. The second kappa shape index (κ2) is 7.71.